The third kappa shape index (κ3) is 4.96. The van der Waals surface area contributed by atoms with Crippen LogP contribution in [0.25, 0.3) is 21.7 Å². The average molecular weight is 579 g/mol. The van der Waals surface area contributed by atoms with Crippen molar-refractivity contribution in [3.05, 3.63) is 119 Å². The number of hydrogen-bond acceptors (Lipinski definition) is 8. The van der Waals surface area contributed by atoms with Crippen LogP contribution < -0.4 is 11.1 Å². The highest BCUT2D eigenvalue weighted by Gasteiger charge is 2.52. The Kier molecular flexibility index (Phi) is 7.72. The highest BCUT2D eigenvalue weighted by molar-refractivity contribution is 7.93. The molecule has 0 aliphatic heterocycles. The summed E-state index contributed by atoms with van der Waals surface area (Å²) in [5.41, 5.74) is 8.44. The third-order valence-electron chi connectivity index (χ3n) is 6.98. The normalized spacial score (nSPS) is 12.8. The summed E-state index contributed by atoms with van der Waals surface area (Å²) in [7, 11) is -4.60. The Balaban J connectivity index is 1.56. The second-order valence-corrected chi connectivity index (χ2v) is 11.6. The zero-order valence-corrected chi connectivity index (χ0v) is 23.4. The molecule has 1 unspecified atom stereocenters. The van der Waals surface area contributed by atoms with Crippen molar-refractivity contribution >= 4 is 43.4 Å². The van der Waals surface area contributed by atoms with Crippen LogP contribution in [0.3, 0.4) is 0 Å². The summed E-state index contributed by atoms with van der Waals surface area (Å²) in [5.74, 6) is -1.48. The van der Waals surface area contributed by atoms with E-state index in [1.54, 1.807) is 79.7 Å². The highest BCUT2D eigenvalue weighted by Crippen LogP contribution is 2.37. The number of pyridine rings is 1. The lowest BCUT2D eigenvalue weighted by molar-refractivity contribution is -0.146. The molecule has 0 aliphatic carbocycles. The first-order valence-corrected chi connectivity index (χ1v) is 14.5. The second kappa shape index (κ2) is 11.4. The van der Waals surface area contributed by atoms with Crippen LogP contribution in [0.15, 0.2) is 102 Å². The number of fused-ring (bicyclic) bond motifs is 2. The predicted octanol–water partition coefficient (Wildman–Crippen LogP) is 4.34. The third-order valence-corrected chi connectivity index (χ3v) is 9.14. The number of hydrogen-bond donors (Lipinski definition) is 2. The maximum Gasteiger partial charge on any atom is 0.347 e. The van der Waals surface area contributed by atoms with Gasteiger partial charge in [-0.2, -0.15) is 5.26 Å². The SMILES string of the molecule is CCOC(=O)C(N)(c1ccc2c(C(=O)NCc3ccc(C#N)cc3)cccc2c1)S(=O)(=O)c1cccc2cccnc12. The molecule has 5 aromatic rings. The molecular formula is C32H26N4O5S. The number of amides is 1. The molecule has 10 heteroatoms. The van der Waals surface area contributed by atoms with Crippen LogP contribution in [0.4, 0.5) is 0 Å². The molecule has 0 bridgehead atoms. The molecule has 3 N–H and O–H groups in total. The molecule has 1 amide bonds. The first-order valence-electron chi connectivity index (χ1n) is 13.1. The Bertz CT molecular complexity index is 1980. The number of carbonyl (C=O) groups is 2. The molecular weight excluding hydrogens is 552 g/mol. The number of benzene rings is 4. The van der Waals surface area contributed by atoms with Crippen molar-refractivity contribution in [2.24, 2.45) is 5.73 Å². The maximum atomic E-state index is 14.2. The van der Waals surface area contributed by atoms with Crippen LogP contribution in [-0.2, 0) is 30.8 Å². The quantitative estimate of drug-likeness (QED) is 0.258. The number of nitriles is 1. The molecule has 0 spiro atoms. The fourth-order valence-electron chi connectivity index (χ4n) is 4.77. The lowest BCUT2D eigenvalue weighted by Gasteiger charge is -2.28. The van der Waals surface area contributed by atoms with E-state index in [1.807, 2.05) is 0 Å². The molecule has 4 aromatic carbocycles. The van der Waals surface area contributed by atoms with Crippen LogP contribution in [0.1, 0.15) is 34.0 Å². The first kappa shape index (κ1) is 28.4. The summed E-state index contributed by atoms with van der Waals surface area (Å²) in [4.78, 5) is 27.9. The van der Waals surface area contributed by atoms with Crippen LogP contribution >= 0.6 is 0 Å². The van der Waals surface area contributed by atoms with Crippen LogP contribution in [0.2, 0.25) is 0 Å². The van der Waals surface area contributed by atoms with Gasteiger partial charge >= 0.3 is 5.97 Å². The van der Waals surface area contributed by atoms with E-state index in [4.69, 9.17) is 15.7 Å². The van der Waals surface area contributed by atoms with Gasteiger partial charge < -0.3 is 10.1 Å². The largest absolute Gasteiger partial charge is 0.464 e. The first-order chi connectivity index (χ1) is 20.2. The van der Waals surface area contributed by atoms with Crippen LogP contribution in [0.5, 0.6) is 0 Å². The second-order valence-electron chi connectivity index (χ2n) is 9.52. The number of ether oxygens (including phenoxy) is 1. The minimum atomic E-state index is -4.60. The van der Waals surface area contributed by atoms with Crippen LogP contribution in [0, 0.1) is 11.3 Å². The van der Waals surface area contributed by atoms with Crippen molar-refractivity contribution in [3.63, 3.8) is 0 Å². The summed E-state index contributed by atoms with van der Waals surface area (Å²) >= 11 is 0. The molecule has 210 valence electrons. The molecule has 1 atom stereocenters. The van der Waals surface area contributed by atoms with Crippen LogP contribution in [-0.4, -0.2) is 31.9 Å². The van der Waals surface area contributed by atoms with Crippen molar-refractivity contribution in [1.29, 1.82) is 5.26 Å². The summed E-state index contributed by atoms with van der Waals surface area (Å²) < 4.78 is 33.6. The smallest absolute Gasteiger partial charge is 0.347 e. The number of para-hydroxylation sites is 1. The average Bonchev–Trinajstić information content (AvgIpc) is 3.02. The zero-order valence-electron chi connectivity index (χ0n) is 22.6. The number of sulfone groups is 1. The molecule has 9 nitrogen and oxygen atoms in total. The Morgan fingerprint density at radius 3 is 2.43 bits per heavy atom. The number of nitrogens with zero attached hydrogens (tertiary/aromatic N) is 2. The van der Waals surface area contributed by atoms with Gasteiger partial charge in [0.1, 0.15) is 0 Å². The van der Waals surface area contributed by atoms with E-state index >= 15 is 0 Å². The van der Waals surface area contributed by atoms with E-state index < -0.39 is 20.7 Å². The number of carbonyl (C=O) groups excluding carboxylic acids is 2. The topological polar surface area (TPSA) is 152 Å². The lowest BCUT2D eigenvalue weighted by Crippen LogP contribution is -2.52. The van der Waals surface area contributed by atoms with Gasteiger partial charge in [-0.25, -0.2) is 13.2 Å². The van der Waals surface area contributed by atoms with E-state index in [-0.39, 0.29) is 35.0 Å². The monoisotopic (exact) mass is 578 g/mol. The standard InChI is InChI=1S/C32H26N4O5S/c1-2-41-31(38)32(34,42(39,40)28-10-4-6-23-8-5-17-35-29(23)28)25-15-16-26-24(18-25)7-3-9-27(26)30(37)36-20-22-13-11-21(19-33)12-14-22/h3-18H,2,20,34H2,1H3,(H,36,37). The number of esters is 1. The van der Waals surface area contributed by atoms with Crippen molar-refractivity contribution in [1.82, 2.24) is 10.3 Å². The Morgan fingerprint density at radius 1 is 0.976 bits per heavy atom. The van der Waals surface area contributed by atoms with Crippen molar-refractivity contribution < 1.29 is 22.7 Å². The maximum absolute atomic E-state index is 14.2. The molecule has 0 saturated heterocycles. The van der Waals surface area contributed by atoms with Gasteiger partial charge in [0.15, 0.2) is 0 Å². The van der Waals surface area contributed by atoms with Gasteiger partial charge in [-0.05, 0) is 65.2 Å². The molecule has 0 saturated carbocycles. The summed E-state index contributed by atoms with van der Waals surface area (Å²) in [6, 6.07) is 26.4. The summed E-state index contributed by atoms with van der Waals surface area (Å²) in [5, 5.41) is 13.5. The minimum absolute atomic E-state index is 0.0171. The number of nitrogens with two attached hydrogens (primary N) is 1. The Morgan fingerprint density at radius 2 is 1.69 bits per heavy atom. The fourth-order valence-corrected chi connectivity index (χ4v) is 6.52. The van der Waals surface area contributed by atoms with E-state index in [0.29, 0.717) is 27.3 Å². The minimum Gasteiger partial charge on any atom is -0.464 e. The van der Waals surface area contributed by atoms with E-state index in [1.165, 1.54) is 24.4 Å². The van der Waals surface area contributed by atoms with Gasteiger partial charge in [-0.15, -0.1) is 0 Å². The van der Waals surface area contributed by atoms with Crippen molar-refractivity contribution in [2.75, 3.05) is 6.61 Å². The molecule has 0 radical (unpaired) electrons. The summed E-state index contributed by atoms with van der Waals surface area (Å²) in [6.07, 6.45) is 1.47. The number of nitrogens with one attached hydrogen (secondary N) is 1. The summed E-state index contributed by atoms with van der Waals surface area (Å²) in [6.45, 7) is 1.72. The Labute approximate surface area is 242 Å². The van der Waals surface area contributed by atoms with Crippen molar-refractivity contribution in [3.8, 4) is 6.07 Å². The predicted molar refractivity (Wildman–Crippen MR) is 158 cm³/mol. The lowest BCUT2D eigenvalue weighted by atomic mass is 9.98. The molecule has 42 heavy (non-hydrogen) atoms. The highest BCUT2D eigenvalue weighted by atomic mass is 32.2. The number of aromatic nitrogens is 1. The molecule has 1 aromatic heterocycles. The molecule has 1 heterocycles. The van der Waals surface area contributed by atoms with Gasteiger partial charge in [-0.1, -0.05) is 54.6 Å². The van der Waals surface area contributed by atoms with Gasteiger partial charge in [0, 0.05) is 23.7 Å². The molecule has 0 aliphatic rings. The van der Waals surface area contributed by atoms with E-state index in [2.05, 4.69) is 16.4 Å². The molecule has 5 rings (SSSR count). The van der Waals surface area contributed by atoms with Gasteiger partial charge in [0.25, 0.3) is 5.91 Å². The van der Waals surface area contributed by atoms with Gasteiger partial charge in [0.2, 0.25) is 14.7 Å². The van der Waals surface area contributed by atoms with E-state index in [9.17, 15) is 18.0 Å². The fraction of sp³-hybridized carbons (Fsp3) is 0.125. The van der Waals surface area contributed by atoms with Gasteiger partial charge in [0.05, 0.1) is 28.7 Å². The Hall–Kier alpha value is -5.11. The van der Waals surface area contributed by atoms with Crippen molar-refractivity contribution in [2.45, 2.75) is 23.2 Å². The molecule has 0 fully saturated rings. The number of rotatable bonds is 8. The zero-order chi connectivity index (χ0) is 29.9. The van der Waals surface area contributed by atoms with Gasteiger partial charge in [-0.3, -0.25) is 15.5 Å². The van der Waals surface area contributed by atoms with E-state index in [0.717, 1.165) is 5.56 Å².